The second-order valence-electron chi connectivity index (χ2n) is 5.21. The summed E-state index contributed by atoms with van der Waals surface area (Å²) in [6, 6.07) is 2.05. The first-order valence-corrected chi connectivity index (χ1v) is 8.06. The second-order valence-corrected chi connectivity index (χ2v) is 6.35. The van der Waals surface area contributed by atoms with Gasteiger partial charge in [-0.2, -0.15) is 0 Å². The van der Waals surface area contributed by atoms with Crippen molar-refractivity contribution in [3.63, 3.8) is 0 Å². The first-order valence-electron chi connectivity index (χ1n) is 7.24. The quantitative estimate of drug-likeness (QED) is 0.922. The molecule has 1 saturated heterocycles. The van der Waals surface area contributed by atoms with E-state index in [0.717, 1.165) is 43.5 Å². The summed E-state index contributed by atoms with van der Waals surface area (Å²) in [6.45, 7) is 5.57. The fourth-order valence-electron chi connectivity index (χ4n) is 2.60. The van der Waals surface area contributed by atoms with Gasteiger partial charge in [0, 0.05) is 18.0 Å². The number of hydrogen-bond donors (Lipinski definition) is 1. The number of rotatable bonds is 4. The largest absolute Gasteiger partial charge is 0.391 e. The van der Waals surface area contributed by atoms with Crippen molar-refractivity contribution in [1.82, 2.24) is 4.90 Å². The monoisotopic (exact) mass is 281 g/mol. The molecule has 1 atom stereocenters. The molecule has 0 aliphatic carbocycles. The molecule has 0 radical (unpaired) electrons. The molecule has 19 heavy (non-hydrogen) atoms. The van der Waals surface area contributed by atoms with Crippen LogP contribution in [0.25, 0.3) is 0 Å². The van der Waals surface area contributed by atoms with Gasteiger partial charge in [0.15, 0.2) is 0 Å². The molecule has 3 nitrogen and oxygen atoms in total. The summed E-state index contributed by atoms with van der Waals surface area (Å²) in [5.74, 6) is 0.0980. The molecule has 1 amide bonds. The van der Waals surface area contributed by atoms with E-state index in [1.165, 1.54) is 10.4 Å². The van der Waals surface area contributed by atoms with E-state index in [-0.39, 0.29) is 12.0 Å². The highest BCUT2D eigenvalue weighted by Crippen LogP contribution is 2.26. The smallest absolute Gasteiger partial charge is 0.264 e. The van der Waals surface area contributed by atoms with Gasteiger partial charge in [0.1, 0.15) is 0 Å². The van der Waals surface area contributed by atoms with Crippen molar-refractivity contribution in [3.8, 4) is 0 Å². The van der Waals surface area contributed by atoms with Crippen molar-refractivity contribution in [2.24, 2.45) is 0 Å². The lowest BCUT2D eigenvalue weighted by Crippen LogP contribution is -2.41. The van der Waals surface area contributed by atoms with Gasteiger partial charge in [-0.05, 0) is 37.3 Å². The van der Waals surface area contributed by atoms with Crippen LogP contribution in [0.4, 0.5) is 0 Å². The number of amides is 1. The van der Waals surface area contributed by atoms with Crippen LogP contribution in [0, 0.1) is 0 Å². The fourth-order valence-corrected chi connectivity index (χ4v) is 3.93. The molecular formula is C15H23NO2S. The van der Waals surface area contributed by atoms with Gasteiger partial charge in [0.05, 0.1) is 11.0 Å². The summed E-state index contributed by atoms with van der Waals surface area (Å²) in [6.07, 6.45) is 4.53. The van der Waals surface area contributed by atoms with Crippen LogP contribution in [-0.4, -0.2) is 35.1 Å². The fraction of sp³-hybridized carbons (Fsp3) is 0.667. The summed E-state index contributed by atoms with van der Waals surface area (Å²) in [5.41, 5.74) is 1.31. The highest BCUT2D eigenvalue weighted by molar-refractivity contribution is 7.14. The Labute approximate surface area is 119 Å². The van der Waals surface area contributed by atoms with Crippen molar-refractivity contribution < 1.29 is 9.90 Å². The predicted molar refractivity (Wildman–Crippen MR) is 78.8 cm³/mol. The molecule has 2 heterocycles. The van der Waals surface area contributed by atoms with Crippen molar-refractivity contribution in [2.45, 2.75) is 52.1 Å². The van der Waals surface area contributed by atoms with Crippen LogP contribution in [0.15, 0.2) is 6.07 Å². The lowest BCUT2D eigenvalue weighted by Gasteiger charge is -2.29. The molecule has 0 bridgehead atoms. The first kappa shape index (κ1) is 14.5. The Balaban J connectivity index is 2.14. The van der Waals surface area contributed by atoms with Gasteiger partial charge in [0.25, 0.3) is 5.91 Å². The van der Waals surface area contributed by atoms with Crippen LogP contribution in [-0.2, 0) is 12.8 Å². The van der Waals surface area contributed by atoms with Crippen LogP contribution in [0.5, 0.6) is 0 Å². The third-order valence-corrected chi connectivity index (χ3v) is 4.87. The number of β-amino-alcohol motifs (C(OH)–C–C–N with tert-alkyl or cyclic N) is 1. The molecule has 0 aromatic carbocycles. The zero-order chi connectivity index (χ0) is 13.8. The maximum atomic E-state index is 12.5. The van der Waals surface area contributed by atoms with Crippen molar-refractivity contribution in [3.05, 3.63) is 21.4 Å². The molecule has 1 aliphatic heterocycles. The van der Waals surface area contributed by atoms with Gasteiger partial charge >= 0.3 is 0 Å². The normalized spacial score (nSPS) is 19.7. The Bertz CT molecular complexity index is 441. The number of carbonyl (C=O) groups excluding carboxylic acids is 1. The van der Waals surface area contributed by atoms with E-state index in [9.17, 15) is 9.90 Å². The summed E-state index contributed by atoms with van der Waals surface area (Å²) in [7, 11) is 0. The number of likely N-dealkylation sites (tertiary alicyclic amines) is 1. The third kappa shape index (κ3) is 3.37. The van der Waals surface area contributed by atoms with Gasteiger partial charge in [-0.3, -0.25) is 4.79 Å². The summed E-state index contributed by atoms with van der Waals surface area (Å²) in [4.78, 5) is 16.5. The summed E-state index contributed by atoms with van der Waals surface area (Å²) < 4.78 is 0. The maximum absolute atomic E-state index is 12.5. The molecule has 0 saturated carbocycles. The van der Waals surface area contributed by atoms with Crippen LogP contribution >= 0.6 is 11.3 Å². The van der Waals surface area contributed by atoms with E-state index in [1.54, 1.807) is 16.2 Å². The summed E-state index contributed by atoms with van der Waals surface area (Å²) in [5, 5.41) is 9.68. The van der Waals surface area contributed by atoms with Gasteiger partial charge in [-0.15, -0.1) is 11.3 Å². The lowest BCUT2D eigenvalue weighted by molar-refractivity contribution is 0.0477. The van der Waals surface area contributed by atoms with Crippen LogP contribution < -0.4 is 0 Å². The minimum Gasteiger partial charge on any atom is -0.391 e. The van der Waals surface area contributed by atoms with E-state index in [0.29, 0.717) is 6.54 Å². The van der Waals surface area contributed by atoms with Crippen LogP contribution in [0.2, 0.25) is 0 Å². The Morgan fingerprint density at radius 1 is 1.53 bits per heavy atom. The SMILES string of the molecule is CCCc1sc(C(=O)N2CCC[C@H](O)C2)cc1CC. The van der Waals surface area contributed by atoms with E-state index in [2.05, 4.69) is 19.9 Å². The van der Waals surface area contributed by atoms with Gasteiger partial charge in [-0.1, -0.05) is 20.3 Å². The number of carbonyl (C=O) groups is 1. The third-order valence-electron chi connectivity index (χ3n) is 3.65. The predicted octanol–water partition coefficient (Wildman–Crippen LogP) is 2.86. The highest BCUT2D eigenvalue weighted by Gasteiger charge is 2.24. The minimum atomic E-state index is -0.349. The number of aliphatic hydroxyl groups is 1. The van der Waals surface area contributed by atoms with Crippen LogP contribution in [0.3, 0.4) is 0 Å². The lowest BCUT2D eigenvalue weighted by atomic mass is 10.1. The Morgan fingerprint density at radius 3 is 2.95 bits per heavy atom. The van der Waals surface area contributed by atoms with Gasteiger partial charge < -0.3 is 10.0 Å². The average molecular weight is 281 g/mol. The van der Waals surface area contributed by atoms with Gasteiger partial charge in [0.2, 0.25) is 0 Å². The number of piperidine rings is 1. The number of hydrogen-bond acceptors (Lipinski definition) is 3. The molecule has 1 aromatic rings. The molecule has 0 spiro atoms. The maximum Gasteiger partial charge on any atom is 0.264 e. The Hall–Kier alpha value is -0.870. The average Bonchev–Trinajstić information content (AvgIpc) is 2.81. The van der Waals surface area contributed by atoms with E-state index >= 15 is 0 Å². The topological polar surface area (TPSA) is 40.5 Å². The van der Waals surface area contributed by atoms with E-state index in [4.69, 9.17) is 0 Å². The zero-order valence-corrected chi connectivity index (χ0v) is 12.6. The van der Waals surface area contributed by atoms with Crippen molar-refractivity contribution >= 4 is 17.2 Å². The molecule has 106 valence electrons. The van der Waals surface area contributed by atoms with Crippen molar-refractivity contribution in [2.75, 3.05) is 13.1 Å². The summed E-state index contributed by atoms with van der Waals surface area (Å²) >= 11 is 1.64. The molecule has 1 N–H and O–H groups in total. The van der Waals surface area contributed by atoms with E-state index < -0.39 is 0 Å². The molecule has 2 rings (SSSR count). The Morgan fingerprint density at radius 2 is 2.32 bits per heavy atom. The molecule has 1 fully saturated rings. The number of aliphatic hydroxyl groups excluding tert-OH is 1. The van der Waals surface area contributed by atoms with Crippen LogP contribution in [0.1, 0.15) is 53.2 Å². The standard InChI is InChI=1S/C15H23NO2S/c1-3-6-13-11(4-2)9-14(19-13)15(18)16-8-5-7-12(17)10-16/h9,12,17H,3-8,10H2,1-2H3/t12-/m0/s1. The minimum absolute atomic E-state index is 0.0980. The highest BCUT2D eigenvalue weighted by atomic mass is 32.1. The van der Waals surface area contributed by atoms with Gasteiger partial charge in [-0.25, -0.2) is 0 Å². The zero-order valence-electron chi connectivity index (χ0n) is 11.8. The molecule has 1 aromatic heterocycles. The van der Waals surface area contributed by atoms with E-state index in [1.807, 2.05) is 0 Å². The Kier molecular flexibility index (Phi) is 4.99. The number of nitrogens with zero attached hydrogens (tertiary/aromatic N) is 1. The molecule has 1 aliphatic rings. The van der Waals surface area contributed by atoms with Crippen molar-refractivity contribution in [1.29, 1.82) is 0 Å². The molecule has 0 unspecified atom stereocenters. The number of thiophene rings is 1. The first-order chi connectivity index (χ1) is 9.15. The number of aryl methyl sites for hydroxylation is 2. The molecular weight excluding hydrogens is 258 g/mol. The molecule has 4 heteroatoms. The second kappa shape index (κ2) is 6.53.